The second kappa shape index (κ2) is 6.76. The normalized spacial score (nSPS) is 19.5. The van der Waals surface area contributed by atoms with E-state index in [9.17, 15) is 4.39 Å². The predicted molar refractivity (Wildman–Crippen MR) is 82.1 cm³/mol. The Balaban J connectivity index is 1.97. The van der Waals surface area contributed by atoms with E-state index in [0.29, 0.717) is 10.8 Å². The molecule has 0 spiro atoms. The molecule has 2 rings (SSSR count). The molecule has 1 N–H and O–H groups in total. The van der Waals surface area contributed by atoms with Gasteiger partial charge in [0.1, 0.15) is 5.82 Å². The zero-order valence-corrected chi connectivity index (χ0v) is 12.7. The summed E-state index contributed by atoms with van der Waals surface area (Å²) >= 11 is 2.01. The maximum Gasteiger partial charge on any atom is 0.123 e. The van der Waals surface area contributed by atoms with Crippen molar-refractivity contribution in [1.29, 1.82) is 0 Å². The molecule has 3 heteroatoms. The summed E-state index contributed by atoms with van der Waals surface area (Å²) in [7, 11) is 0. The predicted octanol–water partition coefficient (Wildman–Crippen LogP) is 4.54. The standard InChI is InChI=1S/C16H24FNS/c1-3-15(13-6-8-14(17)9-7-13)18-12-16(19-2)10-4-5-11-16/h6-9,15,18H,3-5,10-12H2,1-2H3. The van der Waals surface area contributed by atoms with Crippen LogP contribution in [0.1, 0.15) is 50.6 Å². The lowest BCUT2D eigenvalue weighted by molar-refractivity contribution is 0.458. The number of thioether (sulfide) groups is 1. The molecular weight excluding hydrogens is 257 g/mol. The van der Waals surface area contributed by atoms with Crippen LogP contribution in [-0.2, 0) is 0 Å². The Morgan fingerprint density at radius 3 is 2.42 bits per heavy atom. The molecule has 0 saturated heterocycles. The largest absolute Gasteiger partial charge is 0.309 e. The first-order chi connectivity index (χ1) is 9.19. The summed E-state index contributed by atoms with van der Waals surface area (Å²) in [5, 5.41) is 3.70. The van der Waals surface area contributed by atoms with Crippen LogP contribution < -0.4 is 5.32 Å². The zero-order valence-electron chi connectivity index (χ0n) is 11.9. The molecule has 0 amide bonds. The lowest BCUT2D eigenvalue weighted by Gasteiger charge is -2.30. The van der Waals surface area contributed by atoms with E-state index >= 15 is 0 Å². The Labute approximate surface area is 120 Å². The molecule has 1 atom stereocenters. The Morgan fingerprint density at radius 2 is 1.89 bits per heavy atom. The van der Waals surface area contributed by atoms with Gasteiger partial charge in [-0.2, -0.15) is 11.8 Å². The Bertz CT molecular complexity index is 384. The number of rotatable bonds is 6. The van der Waals surface area contributed by atoms with E-state index in [2.05, 4.69) is 18.5 Å². The lowest BCUT2D eigenvalue weighted by atomic mass is 10.0. The monoisotopic (exact) mass is 281 g/mol. The summed E-state index contributed by atoms with van der Waals surface area (Å²) in [6, 6.07) is 7.25. The van der Waals surface area contributed by atoms with Gasteiger partial charge in [-0.25, -0.2) is 4.39 Å². The summed E-state index contributed by atoms with van der Waals surface area (Å²) in [6.45, 7) is 3.24. The van der Waals surface area contributed by atoms with Crippen LogP contribution in [-0.4, -0.2) is 17.5 Å². The van der Waals surface area contributed by atoms with E-state index < -0.39 is 0 Å². The van der Waals surface area contributed by atoms with Crippen molar-refractivity contribution in [2.45, 2.75) is 49.8 Å². The van der Waals surface area contributed by atoms with Crippen molar-refractivity contribution < 1.29 is 4.39 Å². The zero-order chi connectivity index (χ0) is 13.7. The summed E-state index contributed by atoms with van der Waals surface area (Å²) in [4.78, 5) is 0. The fourth-order valence-corrected chi connectivity index (χ4v) is 3.90. The highest BCUT2D eigenvalue weighted by molar-refractivity contribution is 8.00. The highest BCUT2D eigenvalue weighted by Crippen LogP contribution is 2.40. The topological polar surface area (TPSA) is 12.0 Å². The van der Waals surface area contributed by atoms with Crippen molar-refractivity contribution in [3.05, 3.63) is 35.6 Å². The van der Waals surface area contributed by atoms with Crippen LogP contribution in [0.4, 0.5) is 4.39 Å². The van der Waals surface area contributed by atoms with Gasteiger partial charge in [0.05, 0.1) is 0 Å². The second-order valence-corrected chi connectivity index (χ2v) is 6.76. The summed E-state index contributed by atoms with van der Waals surface area (Å²) in [5.41, 5.74) is 1.19. The van der Waals surface area contributed by atoms with E-state index in [1.54, 1.807) is 12.1 Å². The van der Waals surface area contributed by atoms with E-state index in [1.807, 2.05) is 23.9 Å². The van der Waals surface area contributed by atoms with Gasteiger partial charge in [0, 0.05) is 17.3 Å². The van der Waals surface area contributed by atoms with Crippen LogP contribution in [0.25, 0.3) is 0 Å². The Hall–Kier alpha value is -0.540. The molecule has 0 bridgehead atoms. The van der Waals surface area contributed by atoms with E-state index in [0.717, 1.165) is 13.0 Å². The molecule has 0 radical (unpaired) electrons. The number of hydrogen-bond acceptors (Lipinski definition) is 2. The molecule has 106 valence electrons. The fourth-order valence-electron chi connectivity index (χ4n) is 2.97. The van der Waals surface area contributed by atoms with E-state index in [-0.39, 0.29) is 5.82 Å². The molecule has 1 saturated carbocycles. The quantitative estimate of drug-likeness (QED) is 0.821. The number of halogens is 1. The molecule has 0 heterocycles. The first-order valence-corrected chi connectivity index (χ1v) is 8.45. The van der Waals surface area contributed by atoms with Crippen LogP contribution in [0, 0.1) is 5.82 Å². The van der Waals surface area contributed by atoms with Crippen molar-refractivity contribution >= 4 is 11.8 Å². The van der Waals surface area contributed by atoms with Crippen molar-refractivity contribution in [1.82, 2.24) is 5.32 Å². The van der Waals surface area contributed by atoms with Crippen molar-refractivity contribution in [2.75, 3.05) is 12.8 Å². The van der Waals surface area contributed by atoms with E-state index in [4.69, 9.17) is 0 Å². The fraction of sp³-hybridized carbons (Fsp3) is 0.625. The van der Waals surface area contributed by atoms with Gasteiger partial charge in [0.25, 0.3) is 0 Å². The first-order valence-electron chi connectivity index (χ1n) is 7.23. The Morgan fingerprint density at radius 1 is 1.26 bits per heavy atom. The summed E-state index contributed by atoms with van der Waals surface area (Å²) < 4.78 is 13.4. The molecule has 1 nitrogen and oxygen atoms in total. The highest BCUT2D eigenvalue weighted by Gasteiger charge is 2.33. The van der Waals surface area contributed by atoms with Gasteiger partial charge in [-0.3, -0.25) is 0 Å². The summed E-state index contributed by atoms with van der Waals surface area (Å²) in [5.74, 6) is -0.157. The molecule has 0 aromatic heterocycles. The van der Waals surface area contributed by atoms with Crippen molar-refractivity contribution in [2.24, 2.45) is 0 Å². The molecule has 1 fully saturated rings. The van der Waals surface area contributed by atoms with Gasteiger partial charge in [-0.15, -0.1) is 0 Å². The van der Waals surface area contributed by atoms with Gasteiger partial charge < -0.3 is 5.32 Å². The third kappa shape index (κ3) is 3.73. The van der Waals surface area contributed by atoms with Gasteiger partial charge >= 0.3 is 0 Å². The van der Waals surface area contributed by atoms with Crippen LogP contribution in [0.5, 0.6) is 0 Å². The number of hydrogen-bond donors (Lipinski definition) is 1. The minimum atomic E-state index is -0.157. The highest BCUT2D eigenvalue weighted by atomic mass is 32.2. The Kier molecular flexibility index (Phi) is 5.28. The SMILES string of the molecule is CCC(NCC1(SC)CCCC1)c1ccc(F)cc1. The maximum absolute atomic E-state index is 13.0. The molecular formula is C16H24FNS. The maximum atomic E-state index is 13.0. The smallest absolute Gasteiger partial charge is 0.123 e. The average molecular weight is 281 g/mol. The van der Waals surface area contributed by atoms with Crippen LogP contribution in [0.15, 0.2) is 24.3 Å². The first kappa shape index (κ1) is 14.9. The molecule has 1 aliphatic carbocycles. The average Bonchev–Trinajstić information content (AvgIpc) is 2.91. The third-order valence-corrected chi connectivity index (χ3v) is 5.72. The van der Waals surface area contributed by atoms with Crippen molar-refractivity contribution in [3.63, 3.8) is 0 Å². The minimum absolute atomic E-state index is 0.157. The third-order valence-electron chi connectivity index (χ3n) is 4.30. The van der Waals surface area contributed by atoms with Gasteiger partial charge in [-0.1, -0.05) is 31.9 Å². The summed E-state index contributed by atoms with van der Waals surface area (Å²) in [6.07, 6.45) is 8.62. The van der Waals surface area contributed by atoms with Crippen LogP contribution in [0.2, 0.25) is 0 Å². The molecule has 0 aliphatic heterocycles. The molecule has 1 aromatic carbocycles. The number of nitrogens with one attached hydrogen (secondary N) is 1. The molecule has 1 unspecified atom stereocenters. The van der Waals surface area contributed by atoms with Crippen LogP contribution in [0.3, 0.4) is 0 Å². The minimum Gasteiger partial charge on any atom is -0.309 e. The molecule has 1 aromatic rings. The second-order valence-electron chi connectivity index (χ2n) is 5.49. The van der Waals surface area contributed by atoms with Gasteiger partial charge in [0.15, 0.2) is 0 Å². The molecule has 19 heavy (non-hydrogen) atoms. The van der Waals surface area contributed by atoms with E-state index in [1.165, 1.54) is 31.2 Å². The van der Waals surface area contributed by atoms with Crippen LogP contribution >= 0.6 is 11.8 Å². The molecule has 1 aliphatic rings. The van der Waals surface area contributed by atoms with Gasteiger partial charge in [-0.05, 0) is 43.2 Å². The van der Waals surface area contributed by atoms with Gasteiger partial charge in [0.2, 0.25) is 0 Å². The number of benzene rings is 1. The lowest BCUT2D eigenvalue weighted by Crippen LogP contribution is -2.37. The van der Waals surface area contributed by atoms with Crippen molar-refractivity contribution in [3.8, 4) is 0 Å².